The Morgan fingerprint density at radius 1 is 1.22 bits per heavy atom. The zero-order chi connectivity index (χ0) is 16.2. The Hall–Kier alpha value is -1.15. The predicted octanol–water partition coefficient (Wildman–Crippen LogP) is 0.906. The Morgan fingerprint density at radius 2 is 1.78 bits per heavy atom. The fraction of sp³-hybridized carbons (Fsp3) is 0.533. The first-order valence-electron chi connectivity index (χ1n) is 7.44. The monoisotopic (exact) mass is 361 g/mol. The van der Waals surface area contributed by atoms with Gasteiger partial charge >= 0.3 is 0 Å². The van der Waals surface area contributed by atoms with E-state index >= 15 is 0 Å². The van der Waals surface area contributed by atoms with Crippen LogP contribution in [-0.2, 0) is 14.8 Å². The fourth-order valence-electron chi connectivity index (χ4n) is 2.54. The van der Waals surface area contributed by atoms with Gasteiger partial charge in [0.05, 0.1) is 11.4 Å². The number of rotatable bonds is 5. The smallest absolute Gasteiger partial charge is 0.243 e. The molecular formula is C15H24ClN3O3S. The van der Waals surface area contributed by atoms with E-state index in [0.29, 0.717) is 30.8 Å². The first-order valence-corrected chi connectivity index (χ1v) is 8.88. The van der Waals surface area contributed by atoms with Gasteiger partial charge in [-0.1, -0.05) is 17.7 Å². The summed E-state index contributed by atoms with van der Waals surface area (Å²) in [5.74, 6) is -0.0534. The second-order valence-electron chi connectivity index (χ2n) is 5.59. The average Bonchev–Trinajstić information content (AvgIpc) is 2.48. The summed E-state index contributed by atoms with van der Waals surface area (Å²) < 4.78 is 26.6. The number of halogens is 1. The second-order valence-corrected chi connectivity index (χ2v) is 7.53. The second kappa shape index (κ2) is 8.63. The highest BCUT2D eigenvalue weighted by Gasteiger charge is 2.29. The molecular weight excluding hydrogens is 338 g/mol. The molecule has 0 unspecified atom stereocenters. The molecule has 0 radical (unpaired) electrons. The van der Waals surface area contributed by atoms with Crippen LogP contribution in [0, 0.1) is 6.92 Å². The first-order chi connectivity index (χ1) is 10.4. The molecule has 0 atom stereocenters. The minimum atomic E-state index is -3.43. The molecule has 1 saturated heterocycles. The number of nitrogens with zero attached hydrogens (tertiary/aromatic N) is 1. The van der Waals surface area contributed by atoms with Crippen molar-refractivity contribution in [3.8, 4) is 0 Å². The summed E-state index contributed by atoms with van der Waals surface area (Å²) in [6.07, 6.45) is 1.28. The molecule has 2 N–H and O–H groups in total. The van der Waals surface area contributed by atoms with Crippen LogP contribution < -0.4 is 10.6 Å². The van der Waals surface area contributed by atoms with Crippen LogP contribution in [0.15, 0.2) is 29.2 Å². The molecule has 23 heavy (non-hydrogen) atoms. The van der Waals surface area contributed by atoms with Crippen LogP contribution in [0.25, 0.3) is 0 Å². The third-order valence-electron chi connectivity index (χ3n) is 3.82. The maximum Gasteiger partial charge on any atom is 0.243 e. The quantitative estimate of drug-likeness (QED) is 0.817. The zero-order valence-electron chi connectivity index (χ0n) is 13.4. The van der Waals surface area contributed by atoms with Gasteiger partial charge in [-0.3, -0.25) is 4.79 Å². The number of benzene rings is 1. The van der Waals surface area contributed by atoms with Crippen molar-refractivity contribution in [1.82, 2.24) is 14.9 Å². The number of aryl methyl sites for hydroxylation is 1. The third kappa shape index (κ3) is 5.17. The van der Waals surface area contributed by atoms with Gasteiger partial charge < -0.3 is 10.6 Å². The molecule has 1 heterocycles. The summed E-state index contributed by atoms with van der Waals surface area (Å²) in [4.78, 5) is 11.9. The lowest BCUT2D eigenvalue weighted by atomic mass is 10.1. The van der Waals surface area contributed by atoms with Crippen molar-refractivity contribution in [3.63, 3.8) is 0 Å². The van der Waals surface area contributed by atoms with E-state index in [1.807, 2.05) is 6.92 Å². The van der Waals surface area contributed by atoms with E-state index < -0.39 is 10.0 Å². The molecule has 0 saturated carbocycles. The molecule has 1 fully saturated rings. The minimum absolute atomic E-state index is 0. The summed E-state index contributed by atoms with van der Waals surface area (Å²) in [6, 6.07) is 6.94. The molecule has 0 aromatic heterocycles. The highest BCUT2D eigenvalue weighted by Crippen LogP contribution is 2.21. The largest absolute Gasteiger partial charge is 0.352 e. The molecule has 0 bridgehead atoms. The topological polar surface area (TPSA) is 78.5 Å². The Kier molecular flexibility index (Phi) is 7.47. The molecule has 6 nitrogen and oxygen atoms in total. The Balaban J connectivity index is 0.00000264. The lowest BCUT2D eigenvalue weighted by molar-refractivity contribution is -0.121. The van der Waals surface area contributed by atoms with Crippen LogP contribution in [-0.4, -0.2) is 51.4 Å². The van der Waals surface area contributed by atoms with Crippen LogP contribution in [0.1, 0.15) is 18.4 Å². The highest BCUT2D eigenvalue weighted by molar-refractivity contribution is 7.89. The summed E-state index contributed by atoms with van der Waals surface area (Å²) >= 11 is 0. The predicted molar refractivity (Wildman–Crippen MR) is 92.3 cm³/mol. The summed E-state index contributed by atoms with van der Waals surface area (Å²) in [7, 11) is -1.71. The Labute approximate surface area is 144 Å². The van der Waals surface area contributed by atoms with Gasteiger partial charge in [-0.15, -0.1) is 12.4 Å². The standard InChI is InChI=1S/C15H23N3O3S.ClH/c1-12-3-5-14(6-4-12)22(20,21)18-9-7-13(8-10-18)17-15(19)11-16-2;/h3-6,13,16H,7-11H2,1-2H3,(H,17,19);1H. The van der Waals surface area contributed by atoms with Crippen molar-refractivity contribution in [2.24, 2.45) is 0 Å². The van der Waals surface area contributed by atoms with Crippen LogP contribution in [0.5, 0.6) is 0 Å². The molecule has 1 aromatic rings. The van der Waals surface area contributed by atoms with Crippen LogP contribution in [0.3, 0.4) is 0 Å². The number of amides is 1. The maximum absolute atomic E-state index is 12.6. The molecule has 1 aromatic carbocycles. The van der Waals surface area contributed by atoms with E-state index in [1.54, 1.807) is 31.3 Å². The van der Waals surface area contributed by atoms with Crippen LogP contribution in [0.2, 0.25) is 0 Å². The normalized spacial score (nSPS) is 16.6. The fourth-order valence-corrected chi connectivity index (χ4v) is 4.01. The van der Waals surface area contributed by atoms with Crippen LogP contribution in [0.4, 0.5) is 0 Å². The van der Waals surface area contributed by atoms with Gasteiger partial charge in [0.2, 0.25) is 15.9 Å². The maximum atomic E-state index is 12.6. The molecule has 1 amide bonds. The van der Waals surface area contributed by atoms with Crippen molar-refractivity contribution >= 4 is 28.3 Å². The van der Waals surface area contributed by atoms with Gasteiger partial charge in [-0.25, -0.2) is 8.42 Å². The number of hydrogen-bond donors (Lipinski definition) is 2. The number of sulfonamides is 1. The molecule has 8 heteroatoms. The van der Waals surface area contributed by atoms with Gasteiger partial charge in [-0.05, 0) is 38.9 Å². The molecule has 1 aliphatic rings. The van der Waals surface area contributed by atoms with E-state index in [1.165, 1.54) is 4.31 Å². The Bertz CT molecular complexity index is 611. The van der Waals surface area contributed by atoms with Crippen LogP contribution >= 0.6 is 12.4 Å². The highest BCUT2D eigenvalue weighted by atomic mass is 35.5. The lowest BCUT2D eigenvalue weighted by Crippen LogP contribution is -2.47. The third-order valence-corrected chi connectivity index (χ3v) is 5.73. The van der Waals surface area contributed by atoms with E-state index in [9.17, 15) is 13.2 Å². The first kappa shape index (κ1) is 19.9. The zero-order valence-corrected chi connectivity index (χ0v) is 15.0. The van der Waals surface area contributed by atoms with E-state index in [2.05, 4.69) is 10.6 Å². The van der Waals surface area contributed by atoms with Crippen molar-refractivity contribution in [3.05, 3.63) is 29.8 Å². The van der Waals surface area contributed by atoms with E-state index in [4.69, 9.17) is 0 Å². The summed E-state index contributed by atoms with van der Waals surface area (Å²) in [5.41, 5.74) is 1.03. The van der Waals surface area contributed by atoms with E-state index in [0.717, 1.165) is 5.56 Å². The summed E-state index contributed by atoms with van der Waals surface area (Å²) in [6.45, 7) is 3.07. The Morgan fingerprint density at radius 3 is 2.30 bits per heavy atom. The van der Waals surface area contributed by atoms with Gasteiger partial charge in [0.1, 0.15) is 0 Å². The van der Waals surface area contributed by atoms with Crippen molar-refractivity contribution in [2.45, 2.75) is 30.7 Å². The molecule has 130 valence electrons. The average molecular weight is 362 g/mol. The molecule has 0 aliphatic carbocycles. The number of hydrogen-bond acceptors (Lipinski definition) is 4. The molecule has 2 rings (SSSR count). The molecule has 1 aliphatic heterocycles. The number of nitrogens with one attached hydrogen (secondary N) is 2. The molecule has 0 spiro atoms. The van der Waals surface area contributed by atoms with E-state index in [-0.39, 0.29) is 30.9 Å². The number of carbonyl (C=O) groups is 1. The number of piperidine rings is 1. The number of likely N-dealkylation sites (N-methyl/N-ethyl adjacent to an activating group) is 1. The minimum Gasteiger partial charge on any atom is -0.352 e. The number of carbonyl (C=O) groups excluding carboxylic acids is 1. The van der Waals surface area contributed by atoms with Crippen molar-refractivity contribution < 1.29 is 13.2 Å². The van der Waals surface area contributed by atoms with Gasteiger partial charge in [-0.2, -0.15) is 4.31 Å². The van der Waals surface area contributed by atoms with Gasteiger partial charge in [0, 0.05) is 19.1 Å². The van der Waals surface area contributed by atoms with Crippen molar-refractivity contribution in [1.29, 1.82) is 0 Å². The summed E-state index contributed by atoms with van der Waals surface area (Å²) in [5, 5.41) is 5.71. The van der Waals surface area contributed by atoms with Gasteiger partial charge in [0.15, 0.2) is 0 Å². The lowest BCUT2D eigenvalue weighted by Gasteiger charge is -2.31. The van der Waals surface area contributed by atoms with Gasteiger partial charge in [0.25, 0.3) is 0 Å². The van der Waals surface area contributed by atoms with Crippen molar-refractivity contribution in [2.75, 3.05) is 26.7 Å². The SMILES string of the molecule is CNCC(=O)NC1CCN(S(=O)(=O)c2ccc(C)cc2)CC1.Cl.